The Kier molecular flexibility index (Phi) is 6.05. The van der Waals surface area contributed by atoms with E-state index in [0.717, 1.165) is 22.5 Å². The van der Waals surface area contributed by atoms with Crippen LogP contribution in [-0.4, -0.2) is 10.9 Å². The second-order valence-electron chi connectivity index (χ2n) is 6.09. The highest BCUT2D eigenvalue weighted by atomic mass is 35.5. The van der Waals surface area contributed by atoms with Crippen molar-refractivity contribution in [2.75, 3.05) is 4.90 Å². The van der Waals surface area contributed by atoms with Gasteiger partial charge in [0.1, 0.15) is 12.4 Å². The van der Waals surface area contributed by atoms with Crippen LogP contribution in [0.15, 0.2) is 41.8 Å². The van der Waals surface area contributed by atoms with Crippen LogP contribution in [0, 0.1) is 13.8 Å². The van der Waals surface area contributed by atoms with Crippen molar-refractivity contribution < 1.29 is 9.53 Å². The lowest BCUT2D eigenvalue weighted by Gasteiger charge is -2.21. The lowest BCUT2D eigenvalue weighted by molar-refractivity contribution is -0.115. The Morgan fingerprint density at radius 2 is 1.89 bits per heavy atom. The van der Waals surface area contributed by atoms with Gasteiger partial charge in [-0.05, 0) is 49.2 Å². The van der Waals surface area contributed by atoms with Crippen molar-refractivity contribution in [3.63, 3.8) is 0 Å². The van der Waals surface area contributed by atoms with Gasteiger partial charge in [0, 0.05) is 22.3 Å². The maximum atomic E-state index is 12.3. The number of anilines is 2. The van der Waals surface area contributed by atoms with Gasteiger partial charge in [0.2, 0.25) is 5.91 Å². The third-order valence-electron chi connectivity index (χ3n) is 4.09. The van der Waals surface area contributed by atoms with Crippen molar-refractivity contribution >= 4 is 51.3 Å². The Bertz CT molecular complexity index is 968. The number of benzene rings is 2. The molecule has 0 saturated heterocycles. The van der Waals surface area contributed by atoms with Gasteiger partial charge in [0.25, 0.3) is 0 Å². The van der Waals surface area contributed by atoms with Crippen LogP contribution in [0.3, 0.4) is 0 Å². The van der Waals surface area contributed by atoms with Crippen molar-refractivity contribution in [1.29, 1.82) is 0 Å². The predicted molar refractivity (Wildman–Crippen MR) is 112 cm³/mol. The van der Waals surface area contributed by atoms with Gasteiger partial charge in [0.05, 0.1) is 11.4 Å². The van der Waals surface area contributed by atoms with Crippen LogP contribution in [0.1, 0.15) is 23.7 Å². The summed E-state index contributed by atoms with van der Waals surface area (Å²) in [6, 6.07) is 10.9. The number of ether oxygens (including phenoxy) is 1. The number of carbonyl (C=O) groups excluding carboxylic acids is 1. The molecule has 2 aromatic carbocycles. The molecule has 0 unspecified atom stereocenters. The maximum absolute atomic E-state index is 12.3. The number of thiazole rings is 1. The minimum atomic E-state index is -0.0906. The van der Waals surface area contributed by atoms with Gasteiger partial charge < -0.3 is 4.74 Å². The smallest absolute Gasteiger partial charge is 0.230 e. The van der Waals surface area contributed by atoms with E-state index in [1.54, 1.807) is 23.1 Å². The third kappa shape index (κ3) is 4.61. The SMILES string of the molecule is CC(=O)N(c1nc(COc2cc(Cl)cc(Cl)c2)cs1)c1cccc(C)c1C. The number of rotatable bonds is 5. The third-order valence-corrected chi connectivity index (χ3v) is 5.40. The van der Waals surface area contributed by atoms with Crippen LogP contribution in [0.2, 0.25) is 10.0 Å². The van der Waals surface area contributed by atoms with Crippen LogP contribution in [-0.2, 0) is 11.4 Å². The molecule has 0 radical (unpaired) electrons. The van der Waals surface area contributed by atoms with E-state index in [4.69, 9.17) is 27.9 Å². The van der Waals surface area contributed by atoms with Gasteiger partial charge in [-0.1, -0.05) is 35.3 Å². The highest BCUT2D eigenvalue weighted by Gasteiger charge is 2.20. The van der Waals surface area contributed by atoms with Gasteiger partial charge in [-0.15, -0.1) is 11.3 Å². The molecule has 1 amide bonds. The van der Waals surface area contributed by atoms with Crippen molar-refractivity contribution in [3.05, 3.63) is 68.6 Å². The number of hydrogen-bond acceptors (Lipinski definition) is 4. The van der Waals surface area contributed by atoms with Crippen LogP contribution in [0.5, 0.6) is 5.75 Å². The molecule has 0 fully saturated rings. The van der Waals surface area contributed by atoms with Crippen LogP contribution in [0.4, 0.5) is 10.8 Å². The summed E-state index contributed by atoms with van der Waals surface area (Å²) >= 11 is 13.4. The zero-order valence-electron chi connectivity index (χ0n) is 15.1. The highest BCUT2D eigenvalue weighted by Crippen LogP contribution is 2.33. The van der Waals surface area contributed by atoms with Crippen LogP contribution in [0.25, 0.3) is 0 Å². The van der Waals surface area contributed by atoms with Crippen LogP contribution < -0.4 is 9.64 Å². The number of nitrogens with zero attached hydrogens (tertiary/aromatic N) is 2. The molecule has 0 N–H and O–H groups in total. The Balaban J connectivity index is 1.82. The molecule has 1 aromatic heterocycles. The largest absolute Gasteiger partial charge is 0.487 e. The molecule has 3 aromatic rings. The first-order valence-electron chi connectivity index (χ1n) is 8.25. The monoisotopic (exact) mass is 420 g/mol. The second kappa shape index (κ2) is 8.30. The Morgan fingerprint density at radius 3 is 2.56 bits per heavy atom. The number of aromatic nitrogens is 1. The summed E-state index contributed by atoms with van der Waals surface area (Å²) in [5, 5.41) is 3.50. The average molecular weight is 421 g/mol. The van der Waals surface area contributed by atoms with Crippen molar-refractivity contribution in [2.45, 2.75) is 27.4 Å². The van der Waals surface area contributed by atoms with E-state index in [-0.39, 0.29) is 12.5 Å². The molecule has 4 nitrogen and oxygen atoms in total. The number of hydrogen-bond donors (Lipinski definition) is 0. The molecule has 0 spiro atoms. The van der Waals surface area contributed by atoms with E-state index in [9.17, 15) is 4.79 Å². The summed E-state index contributed by atoms with van der Waals surface area (Å²) in [6.45, 7) is 5.81. The molecule has 140 valence electrons. The first-order valence-corrected chi connectivity index (χ1v) is 9.89. The van der Waals surface area contributed by atoms with E-state index in [1.165, 1.54) is 18.3 Å². The fourth-order valence-electron chi connectivity index (χ4n) is 2.62. The van der Waals surface area contributed by atoms with Gasteiger partial charge >= 0.3 is 0 Å². The van der Waals surface area contributed by atoms with Gasteiger partial charge in [-0.25, -0.2) is 4.98 Å². The molecular formula is C20H18Cl2N2O2S. The minimum Gasteiger partial charge on any atom is -0.487 e. The standard InChI is InChI=1S/C20H18Cl2N2O2S/c1-12-5-4-6-19(13(12)2)24(14(3)25)20-23-17(11-27-20)10-26-18-8-15(21)7-16(22)9-18/h4-9,11H,10H2,1-3H3. The zero-order chi connectivity index (χ0) is 19.6. The molecule has 0 aliphatic heterocycles. The number of aryl methyl sites for hydroxylation is 1. The van der Waals surface area contributed by atoms with Crippen molar-refractivity contribution in [3.8, 4) is 5.75 Å². The van der Waals surface area contributed by atoms with Gasteiger partial charge in [-0.2, -0.15) is 0 Å². The molecule has 27 heavy (non-hydrogen) atoms. The molecule has 0 atom stereocenters. The van der Waals surface area contributed by atoms with Crippen molar-refractivity contribution in [1.82, 2.24) is 4.98 Å². The Labute approximate surface area is 172 Å². The molecule has 0 aliphatic carbocycles. The summed E-state index contributed by atoms with van der Waals surface area (Å²) in [6.07, 6.45) is 0. The number of amides is 1. The molecule has 7 heteroatoms. The van der Waals surface area contributed by atoms with E-state index in [1.807, 2.05) is 37.4 Å². The quantitative estimate of drug-likeness (QED) is 0.484. The Hall–Kier alpha value is -2.08. The average Bonchev–Trinajstić information content (AvgIpc) is 3.04. The lowest BCUT2D eigenvalue weighted by atomic mass is 10.1. The normalized spacial score (nSPS) is 10.7. The fraction of sp³-hybridized carbons (Fsp3) is 0.200. The minimum absolute atomic E-state index is 0.0906. The first-order chi connectivity index (χ1) is 12.8. The first kappa shape index (κ1) is 19.7. The number of carbonyl (C=O) groups is 1. The summed E-state index contributed by atoms with van der Waals surface area (Å²) in [5.74, 6) is 0.479. The number of halogens is 2. The molecular weight excluding hydrogens is 403 g/mol. The van der Waals surface area contributed by atoms with E-state index >= 15 is 0 Å². The summed E-state index contributed by atoms with van der Waals surface area (Å²) in [4.78, 5) is 18.5. The van der Waals surface area contributed by atoms with E-state index in [0.29, 0.717) is 20.9 Å². The lowest BCUT2D eigenvalue weighted by Crippen LogP contribution is -2.23. The molecule has 0 bridgehead atoms. The van der Waals surface area contributed by atoms with Crippen LogP contribution >= 0.6 is 34.5 Å². The highest BCUT2D eigenvalue weighted by molar-refractivity contribution is 7.14. The molecule has 3 rings (SSSR count). The zero-order valence-corrected chi connectivity index (χ0v) is 17.5. The van der Waals surface area contributed by atoms with Gasteiger partial charge in [-0.3, -0.25) is 9.69 Å². The summed E-state index contributed by atoms with van der Waals surface area (Å²) < 4.78 is 5.73. The Morgan fingerprint density at radius 1 is 1.19 bits per heavy atom. The fourth-order valence-corrected chi connectivity index (χ4v) is 3.99. The topological polar surface area (TPSA) is 42.4 Å². The second-order valence-corrected chi connectivity index (χ2v) is 7.80. The summed E-state index contributed by atoms with van der Waals surface area (Å²) in [7, 11) is 0. The van der Waals surface area contributed by atoms with Gasteiger partial charge in [0.15, 0.2) is 5.13 Å². The van der Waals surface area contributed by atoms with E-state index < -0.39 is 0 Å². The molecule has 0 saturated carbocycles. The predicted octanol–water partition coefficient (Wildman–Crippen LogP) is 6.33. The maximum Gasteiger partial charge on any atom is 0.230 e. The van der Waals surface area contributed by atoms with Crippen molar-refractivity contribution in [2.24, 2.45) is 0 Å². The summed E-state index contributed by atoms with van der Waals surface area (Å²) in [5.41, 5.74) is 3.74. The molecule has 0 aliphatic rings. The van der Waals surface area contributed by atoms with E-state index in [2.05, 4.69) is 4.98 Å². The molecule has 1 heterocycles.